The summed E-state index contributed by atoms with van der Waals surface area (Å²) in [5, 5.41) is 9.27. The van der Waals surface area contributed by atoms with E-state index in [0.29, 0.717) is 30.7 Å². The topological polar surface area (TPSA) is 90.4 Å². The van der Waals surface area contributed by atoms with Gasteiger partial charge in [-0.2, -0.15) is 0 Å². The van der Waals surface area contributed by atoms with Gasteiger partial charge >= 0.3 is 5.97 Å². The first-order chi connectivity index (χ1) is 11.0. The van der Waals surface area contributed by atoms with E-state index in [1.54, 1.807) is 19.5 Å². The first kappa shape index (κ1) is 16.8. The number of carbonyl (C=O) groups is 1. The van der Waals surface area contributed by atoms with Gasteiger partial charge in [0.1, 0.15) is 5.75 Å². The van der Waals surface area contributed by atoms with Gasteiger partial charge in [-0.1, -0.05) is 6.07 Å². The normalized spacial score (nSPS) is 11.5. The largest absolute Gasteiger partial charge is 0.495 e. The standard InChI is InChI=1S/C17H21N3O3/c1-12-10-20(11-19-12)15-6-5-13(9-16(15)23-2)8-14(17(21)22)4-3-7-18/h5-6,8-11H,3-4,7,18H2,1-2H3,(H,21,22)/b14-8+. The maximum atomic E-state index is 11.3. The average molecular weight is 315 g/mol. The summed E-state index contributed by atoms with van der Waals surface area (Å²) in [6.45, 7) is 2.38. The molecular formula is C17H21N3O3. The predicted molar refractivity (Wildman–Crippen MR) is 88.8 cm³/mol. The minimum atomic E-state index is -0.924. The van der Waals surface area contributed by atoms with Crippen molar-refractivity contribution >= 4 is 12.0 Å². The molecule has 6 nitrogen and oxygen atoms in total. The Bertz CT molecular complexity index is 720. The van der Waals surface area contributed by atoms with Crippen molar-refractivity contribution in [1.29, 1.82) is 0 Å². The summed E-state index contributed by atoms with van der Waals surface area (Å²) in [6.07, 6.45) is 6.35. The van der Waals surface area contributed by atoms with Crippen LogP contribution in [0.4, 0.5) is 0 Å². The lowest BCUT2D eigenvalue weighted by Gasteiger charge is -2.10. The summed E-state index contributed by atoms with van der Waals surface area (Å²) in [5.41, 5.74) is 8.32. The van der Waals surface area contributed by atoms with E-state index in [0.717, 1.165) is 16.9 Å². The van der Waals surface area contributed by atoms with Crippen LogP contribution in [0.3, 0.4) is 0 Å². The summed E-state index contributed by atoms with van der Waals surface area (Å²) < 4.78 is 7.30. The van der Waals surface area contributed by atoms with Crippen molar-refractivity contribution in [2.24, 2.45) is 5.73 Å². The summed E-state index contributed by atoms with van der Waals surface area (Å²) in [5.74, 6) is -0.272. The van der Waals surface area contributed by atoms with Crippen LogP contribution in [-0.4, -0.2) is 34.3 Å². The van der Waals surface area contributed by atoms with Crippen molar-refractivity contribution in [1.82, 2.24) is 9.55 Å². The van der Waals surface area contributed by atoms with Crippen LogP contribution in [0, 0.1) is 6.92 Å². The molecule has 23 heavy (non-hydrogen) atoms. The van der Waals surface area contributed by atoms with Crippen LogP contribution in [0.5, 0.6) is 5.75 Å². The van der Waals surface area contributed by atoms with Crippen LogP contribution < -0.4 is 10.5 Å². The predicted octanol–water partition coefficient (Wildman–Crippen LogP) is 2.40. The molecule has 0 fully saturated rings. The monoisotopic (exact) mass is 315 g/mol. The SMILES string of the molecule is COc1cc(/C=C(\CCCN)C(=O)O)ccc1-n1cnc(C)c1. The van der Waals surface area contributed by atoms with Gasteiger partial charge in [-0.15, -0.1) is 0 Å². The second kappa shape index (κ2) is 7.60. The first-order valence-corrected chi connectivity index (χ1v) is 7.38. The number of carboxylic acid groups (broad SMARTS) is 1. The van der Waals surface area contributed by atoms with Gasteiger partial charge in [0, 0.05) is 11.8 Å². The Labute approximate surface area is 135 Å². The average Bonchev–Trinajstić information content (AvgIpc) is 2.97. The van der Waals surface area contributed by atoms with Gasteiger partial charge in [0.2, 0.25) is 0 Å². The molecule has 122 valence electrons. The van der Waals surface area contributed by atoms with Crippen LogP contribution in [0.25, 0.3) is 11.8 Å². The second-order valence-corrected chi connectivity index (χ2v) is 5.22. The molecular weight excluding hydrogens is 294 g/mol. The molecule has 0 radical (unpaired) electrons. The number of carboxylic acids is 1. The van der Waals surface area contributed by atoms with Crippen molar-refractivity contribution in [3.05, 3.63) is 47.6 Å². The molecule has 0 amide bonds. The number of aliphatic carboxylic acids is 1. The third-order valence-corrected chi connectivity index (χ3v) is 3.46. The van der Waals surface area contributed by atoms with E-state index in [9.17, 15) is 9.90 Å². The molecule has 6 heteroatoms. The summed E-state index contributed by atoms with van der Waals surface area (Å²) in [6, 6.07) is 5.56. The maximum Gasteiger partial charge on any atom is 0.331 e. The lowest BCUT2D eigenvalue weighted by molar-refractivity contribution is -0.132. The Hall–Kier alpha value is -2.60. The Balaban J connectivity index is 2.36. The number of rotatable bonds is 7. The number of nitrogens with two attached hydrogens (primary N) is 1. The molecule has 0 spiro atoms. The zero-order chi connectivity index (χ0) is 16.8. The molecule has 1 heterocycles. The van der Waals surface area contributed by atoms with Crippen molar-refractivity contribution < 1.29 is 14.6 Å². The highest BCUT2D eigenvalue weighted by Crippen LogP contribution is 2.26. The van der Waals surface area contributed by atoms with Gasteiger partial charge < -0.3 is 20.1 Å². The second-order valence-electron chi connectivity index (χ2n) is 5.22. The van der Waals surface area contributed by atoms with E-state index in [1.807, 2.05) is 35.9 Å². The zero-order valence-corrected chi connectivity index (χ0v) is 13.3. The van der Waals surface area contributed by atoms with Crippen molar-refractivity contribution in [2.75, 3.05) is 13.7 Å². The number of methoxy groups -OCH3 is 1. The zero-order valence-electron chi connectivity index (χ0n) is 13.3. The highest BCUT2D eigenvalue weighted by molar-refractivity contribution is 5.92. The fourth-order valence-corrected chi connectivity index (χ4v) is 2.28. The molecule has 0 aliphatic carbocycles. The van der Waals surface area contributed by atoms with Crippen molar-refractivity contribution in [3.63, 3.8) is 0 Å². The highest BCUT2D eigenvalue weighted by Gasteiger charge is 2.10. The lowest BCUT2D eigenvalue weighted by atomic mass is 10.1. The van der Waals surface area contributed by atoms with Gasteiger partial charge in [-0.3, -0.25) is 0 Å². The molecule has 1 aromatic heterocycles. The van der Waals surface area contributed by atoms with Crippen LogP contribution in [0.1, 0.15) is 24.1 Å². The minimum absolute atomic E-state index is 0.337. The van der Waals surface area contributed by atoms with E-state index in [1.165, 1.54) is 0 Å². The number of hydrogen-bond donors (Lipinski definition) is 2. The molecule has 1 aromatic carbocycles. The number of benzene rings is 1. The molecule has 0 bridgehead atoms. The minimum Gasteiger partial charge on any atom is -0.495 e. The lowest BCUT2D eigenvalue weighted by Crippen LogP contribution is -2.05. The third-order valence-electron chi connectivity index (χ3n) is 3.46. The van der Waals surface area contributed by atoms with Crippen LogP contribution in [0.2, 0.25) is 0 Å². The summed E-state index contributed by atoms with van der Waals surface area (Å²) in [4.78, 5) is 15.5. The highest BCUT2D eigenvalue weighted by atomic mass is 16.5. The molecule has 0 aliphatic rings. The number of nitrogens with zero attached hydrogens (tertiary/aromatic N) is 2. The molecule has 0 aliphatic heterocycles. The summed E-state index contributed by atoms with van der Waals surface area (Å²) >= 11 is 0. The van der Waals surface area contributed by atoms with E-state index >= 15 is 0 Å². The molecule has 0 saturated carbocycles. The van der Waals surface area contributed by atoms with E-state index < -0.39 is 5.97 Å². The summed E-state index contributed by atoms with van der Waals surface area (Å²) in [7, 11) is 1.59. The molecule has 2 rings (SSSR count). The number of hydrogen-bond acceptors (Lipinski definition) is 4. The maximum absolute atomic E-state index is 11.3. The number of ether oxygens (including phenoxy) is 1. The quantitative estimate of drug-likeness (QED) is 0.766. The molecule has 3 N–H and O–H groups in total. The smallest absolute Gasteiger partial charge is 0.331 e. The molecule has 2 aromatic rings. The third kappa shape index (κ3) is 4.20. The van der Waals surface area contributed by atoms with E-state index in [-0.39, 0.29) is 0 Å². The van der Waals surface area contributed by atoms with Gasteiger partial charge in [0.25, 0.3) is 0 Å². The fourth-order valence-electron chi connectivity index (χ4n) is 2.28. The van der Waals surface area contributed by atoms with Crippen molar-refractivity contribution in [2.45, 2.75) is 19.8 Å². The van der Waals surface area contributed by atoms with Gasteiger partial charge in [-0.25, -0.2) is 9.78 Å². The number of aryl methyl sites for hydroxylation is 1. The Morgan fingerprint density at radius 3 is 2.83 bits per heavy atom. The van der Waals surface area contributed by atoms with Crippen molar-refractivity contribution in [3.8, 4) is 11.4 Å². The van der Waals surface area contributed by atoms with E-state index in [4.69, 9.17) is 10.5 Å². The molecule has 0 atom stereocenters. The number of imidazole rings is 1. The fraction of sp³-hybridized carbons (Fsp3) is 0.294. The van der Waals surface area contributed by atoms with E-state index in [2.05, 4.69) is 4.98 Å². The number of aromatic nitrogens is 2. The molecule has 0 unspecified atom stereocenters. The first-order valence-electron chi connectivity index (χ1n) is 7.38. The van der Waals surface area contributed by atoms with Gasteiger partial charge in [0.15, 0.2) is 0 Å². The van der Waals surface area contributed by atoms with Crippen LogP contribution in [0.15, 0.2) is 36.3 Å². The Kier molecular flexibility index (Phi) is 5.54. The molecule has 0 saturated heterocycles. The van der Waals surface area contributed by atoms with Crippen LogP contribution in [-0.2, 0) is 4.79 Å². The van der Waals surface area contributed by atoms with Gasteiger partial charge in [0.05, 0.1) is 24.8 Å². The van der Waals surface area contributed by atoms with Crippen LogP contribution >= 0.6 is 0 Å². The van der Waals surface area contributed by atoms with Gasteiger partial charge in [-0.05, 0) is 50.1 Å². The Morgan fingerprint density at radius 1 is 1.48 bits per heavy atom. The Morgan fingerprint density at radius 2 is 2.26 bits per heavy atom.